The second-order valence-electron chi connectivity index (χ2n) is 5.01. The van der Waals surface area contributed by atoms with Crippen LogP contribution in [-0.4, -0.2) is 17.5 Å². The molecule has 2 aromatic carbocycles. The summed E-state index contributed by atoms with van der Waals surface area (Å²) in [4.78, 5) is 22.9. The predicted octanol–water partition coefficient (Wildman–Crippen LogP) is 4.22. The Balaban J connectivity index is 2.43. The van der Waals surface area contributed by atoms with E-state index in [9.17, 15) is 14.9 Å². The van der Waals surface area contributed by atoms with Crippen LogP contribution in [0.4, 0.5) is 5.69 Å². The van der Waals surface area contributed by atoms with Gasteiger partial charge in [0.25, 0.3) is 0 Å². The molecule has 0 aliphatic heterocycles. The smallest absolute Gasteiger partial charge is 0.313 e. The molecular formula is C18H17NO5. The molecule has 0 aromatic heterocycles. The fraction of sp³-hybridized carbons (Fsp3) is 0.167. The van der Waals surface area contributed by atoms with Gasteiger partial charge in [-0.3, -0.25) is 14.9 Å². The van der Waals surface area contributed by atoms with Crippen molar-refractivity contribution in [1.29, 1.82) is 0 Å². The van der Waals surface area contributed by atoms with Crippen molar-refractivity contribution in [3.05, 3.63) is 76.9 Å². The van der Waals surface area contributed by atoms with Crippen molar-refractivity contribution < 1.29 is 19.2 Å². The Bertz CT molecular complexity index is 742. The molecule has 0 N–H and O–H groups in total. The van der Waals surface area contributed by atoms with Crippen molar-refractivity contribution >= 4 is 11.7 Å². The number of nitro groups is 1. The van der Waals surface area contributed by atoms with Crippen LogP contribution in [0.2, 0.25) is 0 Å². The summed E-state index contributed by atoms with van der Waals surface area (Å²) in [6, 6.07) is 13.2. The molecule has 0 saturated heterocycles. The van der Waals surface area contributed by atoms with E-state index in [0.717, 1.165) is 0 Å². The number of carbonyl (C=O) groups is 1. The van der Waals surface area contributed by atoms with Gasteiger partial charge in [0, 0.05) is 11.6 Å². The third-order valence-electron chi connectivity index (χ3n) is 3.35. The van der Waals surface area contributed by atoms with Gasteiger partial charge in [-0.05, 0) is 19.1 Å². The number of hydrogen-bond donors (Lipinski definition) is 0. The fourth-order valence-electron chi connectivity index (χ4n) is 2.14. The molecule has 0 aliphatic rings. The highest BCUT2D eigenvalue weighted by Crippen LogP contribution is 2.38. The third-order valence-corrected chi connectivity index (χ3v) is 3.35. The normalized spacial score (nSPS) is 11.4. The van der Waals surface area contributed by atoms with Crippen LogP contribution in [0, 0.1) is 10.1 Å². The number of carbonyl (C=O) groups excluding carboxylic acids is 1. The van der Waals surface area contributed by atoms with E-state index in [4.69, 9.17) is 9.47 Å². The number of esters is 1. The Kier molecular flexibility index (Phi) is 5.68. The Labute approximate surface area is 139 Å². The van der Waals surface area contributed by atoms with Crippen LogP contribution >= 0.6 is 0 Å². The monoisotopic (exact) mass is 327 g/mol. The van der Waals surface area contributed by atoms with Gasteiger partial charge >= 0.3 is 11.7 Å². The molecule has 0 aliphatic carbocycles. The summed E-state index contributed by atoms with van der Waals surface area (Å²) in [5, 5.41) is 11.3. The number of ether oxygens (including phenoxy) is 2. The Morgan fingerprint density at radius 2 is 1.96 bits per heavy atom. The van der Waals surface area contributed by atoms with Crippen molar-refractivity contribution in [2.75, 3.05) is 6.61 Å². The maximum Gasteiger partial charge on any atom is 0.313 e. The molecule has 6 nitrogen and oxygen atoms in total. The minimum absolute atomic E-state index is 0.0387. The van der Waals surface area contributed by atoms with Gasteiger partial charge in [-0.1, -0.05) is 43.0 Å². The topological polar surface area (TPSA) is 78.7 Å². The molecular weight excluding hydrogens is 310 g/mol. The lowest BCUT2D eigenvalue weighted by molar-refractivity contribution is -0.385. The Hall–Kier alpha value is -3.15. The van der Waals surface area contributed by atoms with Crippen LogP contribution in [-0.2, 0) is 9.53 Å². The predicted molar refractivity (Wildman–Crippen MR) is 89.2 cm³/mol. The van der Waals surface area contributed by atoms with Crippen LogP contribution in [0.1, 0.15) is 18.4 Å². The first kappa shape index (κ1) is 17.2. The van der Waals surface area contributed by atoms with Gasteiger partial charge in [-0.25, -0.2) is 0 Å². The summed E-state index contributed by atoms with van der Waals surface area (Å²) in [5.74, 6) is -0.742. The molecule has 0 radical (unpaired) electrons. The number of benzene rings is 2. The number of nitrogens with zero attached hydrogens (tertiary/aromatic N) is 1. The summed E-state index contributed by atoms with van der Waals surface area (Å²) in [7, 11) is 0. The maximum absolute atomic E-state index is 12.1. The Morgan fingerprint density at radius 3 is 2.58 bits per heavy atom. The molecule has 1 atom stereocenters. The van der Waals surface area contributed by atoms with Gasteiger partial charge < -0.3 is 9.47 Å². The maximum atomic E-state index is 12.1. The third kappa shape index (κ3) is 3.98. The Morgan fingerprint density at radius 1 is 1.25 bits per heavy atom. The lowest BCUT2D eigenvalue weighted by Crippen LogP contribution is -2.14. The van der Waals surface area contributed by atoms with Gasteiger partial charge in [0.05, 0.1) is 10.8 Å². The van der Waals surface area contributed by atoms with Crippen LogP contribution in [0.3, 0.4) is 0 Å². The van der Waals surface area contributed by atoms with Crippen LogP contribution in [0.5, 0.6) is 11.5 Å². The molecule has 2 rings (SSSR count). The van der Waals surface area contributed by atoms with Crippen molar-refractivity contribution in [2.45, 2.75) is 12.8 Å². The minimum Gasteiger partial charge on any atom is -0.461 e. The van der Waals surface area contributed by atoms with E-state index in [-0.39, 0.29) is 18.0 Å². The lowest BCUT2D eigenvalue weighted by Gasteiger charge is -2.16. The number of para-hydroxylation sites is 2. The molecule has 0 fully saturated rings. The highest BCUT2D eigenvalue weighted by atomic mass is 16.6. The van der Waals surface area contributed by atoms with Crippen LogP contribution in [0.15, 0.2) is 61.2 Å². The molecule has 0 amide bonds. The molecule has 0 bridgehead atoms. The first-order chi connectivity index (χ1) is 11.5. The molecule has 1 unspecified atom stereocenters. The number of hydrogen-bond acceptors (Lipinski definition) is 5. The largest absolute Gasteiger partial charge is 0.461 e. The quantitative estimate of drug-likeness (QED) is 0.329. The van der Waals surface area contributed by atoms with E-state index in [0.29, 0.717) is 11.3 Å². The molecule has 2 aromatic rings. The van der Waals surface area contributed by atoms with E-state index in [1.54, 1.807) is 37.3 Å². The second-order valence-corrected chi connectivity index (χ2v) is 5.01. The van der Waals surface area contributed by atoms with Crippen molar-refractivity contribution in [3.63, 3.8) is 0 Å². The zero-order valence-electron chi connectivity index (χ0n) is 13.2. The summed E-state index contributed by atoms with van der Waals surface area (Å²) in [5.41, 5.74) is 0.182. The summed E-state index contributed by atoms with van der Waals surface area (Å²) in [6.07, 6.45) is 1.46. The highest BCUT2D eigenvalue weighted by molar-refractivity contribution is 5.79. The SMILES string of the molecule is C=CCOC(=O)C(C)c1cccc([N+](=O)[O-])c1Oc1ccccc1. The van der Waals surface area contributed by atoms with Gasteiger partial charge in [-0.2, -0.15) is 0 Å². The molecule has 0 spiro atoms. The highest BCUT2D eigenvalue weighted by Gasteiger charge is 2.27. The summed E-state index contributed by atoms with van der Waals surface area (Å²) < 4.78 is 10.7. The van der Waals surface area contributed by atoms with E-state index < -0.39 is 16.8 Å². The molecule has 0 heterocycles. The van der Waals surface area contributed by atoms with E-state index in [1.807, 2.05) is 6.07 Å². The van der Waals surface area contributed by atoms with E-state index in [2.05, 4.69) is 6.58 Å². The van der Waals surface area contributed by atoms with Crippen molar-refractivity contribution in [2.24, 2.45) is 0 Å². The standard InChI is InChI=1S/C18H17NO5/c1-3-12-23-18(20)13(2)15-10-7-11-16(19(21)22)17(15)24-14-8-5-4-6-9-14/h3-11,13H,1,12H2,2H3. The molecule has 0 saturated carbocycles. The van der Waals surface area contributed by atoms with Gasteiger partial charge in [0.15, 0.2) is 0 Å². The summed E-state index contributed by atoms with van der Waals surface area (Å²) in [6.45, 7) is 5.17. The average Bonchev–Trinajstić information content (AvgIpc) is 2.60. The van der Waals surface area contributed by atoms with Crippen molar-refractivity contribution in [1.82, 2.24) is 0 Å². The first-order valence-corrected chi connectivity index (χ1v) is 7.32. The lowest BCUT2D eigenvalue weighted by atomic mass is 9.99. The second kappa shape index (κ2) is 7.92. The molecule has 24 heavy (non-hydrogen) atoms. The number of rotatable bonds is 7. The van der Waals surface area contributed by atoms with Gasteiger partial charge in [0.2, 0.25) is 5.75 Å². The first-order valence-electron chi connectivity index (χ1n) is 7.32. The van der Waals surface area contributed by atoms with E-state index in [1.165, 1.54) is 18.2 Å². The van der Waals surface area contributed by atoms with Crippen LogP contribution in [0.25, 0.3) is 0 Å². The van der Waals surface area contributed by atoms with Gasteiger partial charge in [-0.15, -0.1) is 0 Å². The minimum atomic E-state index is -0.719. The fourth-order valence-corrected chi connectivity index (χ4v) is 2.14. The average molecular weight is 327 g/mol. The number of nitro benzene ring substituents is 1. The van der Waals surface area contributed by atoms with Crippen LogP contribution < -0.4 is 4.74 Å². The summed E-state index contributed by atoms with van der Waals surface area (Å²) >= 11 is 0. The molecule has 124 valence electrons. The zero-order chi connectivity index (χ0) is 17.5. The van der Waals surface area contributed by atoms with Crippen molar-refractivity contribution in [3.8, 4) is 11.5 Å². The van der Waals surface area contributed by atoms with Gasteiger partial charge in [0.1, 0.15) is 12.4 Å². The zero-order valence-corrected chi connectivity index (χ0v) is 13.2. The molecule has 6 heteroatoms. The van der Waals surface area contributed by atoms with E-state index >= 15 is 0 Å².